The van der Waals surface area contributed by atoms with E-state index in [2.05, 4.69) is 25.7 Å². The molecule has 0 unspecified atom stereocenters. The average Bonchev–Trinajstić information content (AvgIpc) is 3.52. The SMILES string of the molecule is COc1ccc(CN(C(=O)Cn2nnc(-c3ccc(C)o3)n2)[C@@H](C(=O)NC(C)(C)C)c2ccncc2)cc1. The lowest BCUT2D eigenvalue weighted by Gasteiger charge is -2.33. The number of aryl methyl sites for hydroxylation is 1. The first-order valence-corrected chi connectivity index (χ1v) is 12.1. The summed E-state index contributed by atoms with van der Waals surface area (Å²) in [6.07, 6.45) is 3.19. The van der Waals surface area contributed by atoms with Crippen LogP contribution in [0.25, 0.3) is 11.6 Å². The molecule has 1 aromatic carbocycles. The van der Waals surface area contributed by atoms with Crippen molar-refractivity contribution in [3.8, 4) is 17.3 Å². The fourth-order valence-corrected chi connectivity index (χ4v) is 3.88. The number of rotatable bonds is 9. The largest absolute Gasteiger partial charge is 0.497 e. The van der Waals surface area contributed by atoms with E-state index < -0.39 is 11.6 Å². The van der Waals surface area contributed by atoms with E-state index in [0.29, 0.717) is 22.8 Å². The van der Waals surface area contributed by atoms with Gasteiger partial charge in [0.2, 0.25) is 17.6 Å². The van der Waals surface area contributed by atoms with Crippen molar-refractivity contribution in [1.29, 1.82) is 0 Å². The average molecular weight is 518 g/mol. The first kappa shape index (κ1) is 26.5. The van der Waals surface area contributed by atoms with Gasteiger partial charge in [-0.1, -0.05) is 12.1 Å². The number of hydrogen-bond donors (Lipinski definition) is 1. The van der Waals surface area contributed by atoms with E-state index in [1.165, 1.54) is 9.70 Å². The molecule has 0 aliphatic heterocycles. The van der Waals surface area contributed by atoms with Crippen molar-refractivity contribution < 1.29 is 18.7 Å². The number of amides is 2. The van der Waals surface area contributed by atoms with Crippen LogP contribution in [-0.2, 0) is 22.7 Å². The lowest BCUT2D eigenvalue weighted by atomic mass is 10.0. The monoisotopic (exact) mass is 517 g/mol. The molecule has 11 heteroatoms. The summed E-state index contributed by atoms with van der Waals surface area (Å²) in [4.78, 5) is 34.2. The lowest BCUT2D eigenvalue weighted by Crippen LogP contribution is -2.49. The smallest absolute Gasteiger partial charge is 0.247 e. The third-order valence-electron chi connectivity index (χ3n) is 5.60. The summed E-state index contributed by atoms with van der Waals surface area (Å²) in [5, 5.41) is 15.4. The number of pyridine rings is 1. The minimum atomic E-state index is -0.928. The van der Waals surface area contributed by atoms with Crippen LogP contribution < -0.4 is 10.1 Å². The zero-order valence-corrected chi connectivity index (χ0v) is 22.1. The third-order valence-corrected chi connectivity index (χ3v) is 5.60. The van der Waals surface area contributed by atoms with Gasteiger partial charge in [0.1, 0.15) is 24.1 Å². The molecule has 1 atom stereocenters. The van der Waals surface area contributed by atoms with Gasteiger partial charge >= 0.3 is 0 Å². The molecule has 0 bridgehead atoms. The molecular formula is C27H31N7O4. The maximum atomic E-state index is 13.8. The van der Waals surface area contributed by atoms with Gasteiger partial charge in [-0.25, -0.2) is 0 Å². The first-order chi connectivity index (χ1) is 18.1. The van der Waals surface area contributed by atoms with Crippen LogP contribution in [0.5, 0.6) is 5.75 Å². The number of furan rings is 1. The van der Waals surface area contributed by atoms with Crippen molar-refractivity contribution >= 4 is 11.8 Å². The quantitative estimate of drug-likeness (QED) is 0.358. The molecule has 0 fully saturated rings. The molecule has 11 nitrogen and oxygen atoms in total. The highest BCUT2D eigenvalue weighted by Gasteiger charge is 2.34. The molecular weight excluding hydrogens is 486 g/mol. The Balaban J connectivity index is 1.68. The Labute approximate surface area is 220 Å². The Kier molecular flexibility index (Phi) is 7.85. The Hall–Kier alpha value is -4.54. The molecule has 38 heavy (non-hydrogen) atoms. The van der Waals surface area contributed by atoms with E-state index in [0.717, 1.165) is 5.56 Å². The molecule has 0 spiro atoms. The van der Waals surface area contributed by atoms with Crippen molar-refractivity contribution in [1.82, 2.24) is 35.4 Å². The Morgan fingerprint density at radius 2 is 1.79 bits per heavy atom. The van der Waals surface area contributed by atoms with Crippen LogP contribution in [-0.4, -0.2) is 54.6 Å². The van der Waals surface area contributed by atoms with Gasteiger partial charge in [-0.2, -0.15) is 4.80 Å². The molecule has 1 N–H and O–H groups in total. The molecule has 3 aromatic heterocycles. The summed E-state index contributed by atoms with van der Waals surface area (Å²) in [5.41, 5.74) is 0.933. The highest BCUT2D eigenvalue weighted by molar-refractivity contribution is 5.89. The molecule has 4 rings (SSSR count). The fourth-order valence-electron chi connectivity index (χ4n) is 3.88. The van der Waals surface area contributed by atoms with Crippen LogP contribution in [0.2, 0.25) is 0 Å². The molecule has 4 aromatic rings. The molecule has 2 amide bonds. The Morgan fingerprint density at radius 3 is 2.39 bits per heavy atom. The van der Waals surface area contributed by atoms with E-state index in [1.54, 1.807) is 43.8 Å². The topological polar surface area (TPSA) is 128 Å². The van der Waals surface area contributed by atoms with E-state index in [1.807, 2.05) is 52.0 Å². The van der Waals surface area contributed by atoms with Crippen molar-refractivity contribution in [2.75, 3.05) is 7.11 Å². The zero-order chi connectivity index (χ0) is 27.3. The summed E-state index contributed by atoms with van der Waals surface area (Å²) in [6, 6.07) is 13.4. The van der Waals surface area contributed by atoms with Crippen LogP contribution in [0, 0.1) is 6.92 Å². The number of carbonyl (C=O) groups excluding carboxylic acids is 2. The fraction of sp³-hybridized carbons (Fsp3) is 0.333. The van der Waals surface area contributed by atoms with Gasteiger partial charge < -0.3 is 19.4 Å². The Morgan fingerprint density at radius 1 is 1.08 bits per heavy atom. The molecule has 3 heterocycles. The van der Waals surface area contributed by atoms with E-state index in [-0.39, 0.29) is 30.7 Å². The molecule has 0 aliphatic rings. The van der Waals surface area contributed by atoms with E-state index in [9.17, 15) is 9.59 Å². The summed E-state index contributed by atoms with van der Waals surface area (Å²) >= 11 is 0. The maximum absolute atomic E-state index is 13.8. The maximum Gasteiger partial charge on any atom is 0.247 e. The van der Waals surface area contributed by atoms with Crippen molar-refractivity contribution in [2.45, 2.75) is 52.4 Å². The van der Waals surface area contributed by atoms with Crippen LogP contribution in [0.1, 0.15) is 43.7 Å². The highest BCUT2D eigenvalue weighted by atomic mass is 16.5. The second kappa shape index (κ2) is 11.2. The van der Waals surface area contributed by atoms with Gasteiger partial charge in [0.05, 0.1) is 7.11 Å². The zero-order valence-electron chi connectivity index (χ0n) is 22.1. The van der Waals surface area contributed by atoms with Crippen LogP contribution in [0.3, 0.4) is 0 Å². The van der Waals surface area contributed by atoms with Gasteiger partial charge in [-0.3, -0.25) is 14.6 Å². The molecule has 0 radical (unpaired) electrons. The standard InChI is InChI=1S/C27H31N7O4/c1-18-6-11-22(38-18)25-30-32-34(31-25)17-23(35)33(16-19-7-9-21(37-5)10-8-19)24(20-12-14-28-15-13-20)26(36)29-27(2,3)4/h6-15,24H,16-17H2,1-5H3,(H,29,36)/t24-/m1/s1. The van der Waals surface area contributed by atoms with Gasteiger partial charge in [-0.05, 0) is 80.4 Å². The molecule has 0 saturated heterocycles. The third kappa shape index (κ3) is 6.61. The van der Waals surface area contributed by atoms with Gasteiger partial charge in [-0.15, -0.1) is 10.2 Å². The van der Waals surface area contributed by atoms with E-state index in [4.69, 9.17) is 9.15 Å². The summed E-state index contributed by atoms with van der Waals surface area (Å²) in [5.74, 6) is 1.44. The van der Waals surface area contributed by atoms with Gasteiger partial charge in [0, 0.05) is 24.5 Å². The van der Waals surface area contributed by atoms with E-state index >= 15 is 0 Å². The number of nitrogens with zero attached hydrogens (tertiary/aromatic N) is 6. The predicted molar refractivity (Wildman–Crippen MR) is 139 cm³/mol. The lowest BCUT2D eigenvalue weighted by molar-refractivity contribution is -0.143. The van der Waals surface area contributed by atoms with Crippen LogP contribution in [0.15, 0.2) is 65.3 Å². The van der Waals surface area contributed by atoms with Gasteiger partial charge in [0.15, 0.2) is 5.76 Å². The van der Waals surface area contributed by atoms with Crippen molar-refractivity contribution in [3.63, 3.8) is 0 Å². The number of ether oxygens (including phenoxy) is 1. The number of methoxy groups -OCH3 is 1. The van der Waals surface area contributed by atoms with Crippen LogP contribution >= 0.6 is 0 Å². The minimum Gasteiger partial charge on any atom is -0.497 e. The number of nitrogens with one attached hydrogen (secondary N) is 1. The summed E-state index contributed by atoms with van der Waals surface area (Å²) in [7, 11) is 1.59. The predicted octanol–water partition coefficient (Wildman–Crippen LogP) is 3.33. The number of hydrogen-bond acceptors (Lipinski definition) is 8. The Bertz CT molecular complexity index is 1370. The molecule has 0 saturated carbocycles. The number of tetrazole rings is 1. The molecule has 0 aliphatic carbocycles. The number of aromatic nitrogens is 5. The van der Waals surface area contributed by atoms with Crippen molar-refractivity contribution in [2.24, 2.45) is 0 Å². The molecule has 198 valence electrons. The van der Waals surface area contributed by atoms with Crippen LogP contribution in [0.4, 0.5) is 0 Å². The van der Waals surface area contributed by atoms with Crippen molar-refractivity contribution in [3.05, 3.63) is 77.8 Å². The summed E-state index contributed by atoms with van der Waals surface area (Å²) < 4.78 is 10.8. The minimum absolute atomic E-state index is 0.159. The number of carbonyl (C=O) groups is 2. The number of benzene rings is 1. The normalized spacial score (nSPS) is 12.1. The second-order valence-electron chi connectivity index (χ2n) is 9.85. The summed E-state index contributed by atoms with van der Waals surface area (Å²) in [6.45, 7) is 7.42. The van der Waals surface area contributed by atoms with Gasteiger partial charge in [0.25, 0.3) is 0 Å². The second-order valence-corrected chi connectivity index (χ2v) is 9.85. The first-order valence-electron chi connectivity index (χ1n) is 12.1. The highest BCUT2D eigenvalue weighted by Crippen LogP contribution is 2.26.